The lowest BCUT2D eigenvalue weighted by Crippen LogP contribution is -2.36. The van der Waals surface area contributed by atoms with Gasteiger partial charge in [0.2, 0.25) is 0 Å². The van der Waals surface area contributed by atoms with Gasteiger partial charge >= 0.3 is 5.97 Å². The maximum absolute atomic E-state index is 12.1. The summed E-state index contributed by atoms with van der Waals surface area (Å²) in [5.74, 6) is 1.62. The van der Waals surface area contributed by atoms with Crippen molar-refractivity contribution in [2.45, 2.75) is 65.5 Å². The first kappa shape index (κ1) is 18.7. The smallest absolute Gasteiger partial charge is 0.306 e. The van der Waals surface area contributed by atoms with E-state index in [1.165, 1.54) is 12.8 Å². The SMILES string of the molecule is CCOC(=O)C[C@H]1C=CC[C@H]2C[C@@H]1C([Si](C)(C)C)=C2[Si](C)(C)C. The second kappa shape index (κ2) is 6.71. The van der Waals surface area contributed by atoms with Gasteiger partial charge in [0.15, 0.2) is 0 Å². The highest BCUT2D eigenvalue weighted by Gasteiger charge is 2.46. The van der Waals surface area contributed by atoms with Gasteiger partial charge in [-0.3, -0.25) is 4.79 Å². The third kappa shape index (κ3) is 4.08. The van der Waals surface area contributed by atoms with E-state index in [2.05, 4.69) is 51.4 Å². The van der Waals surface area contributed by atoms with Crippen molar-refractivity contribution in [3.8, 4) is 0 Å². The van der Waals surface area contributed by atoms with Crippen LogP contribution in [-0.2, 0) is 9.53 Å². The average molecular weight is 351 g/mol. The predicted molar refractivity (Wildman–Crippen MR) is 104 cm³/mol. The van der Waals surface area contributed by atoms with Crippen LogP contribution in [0.1, 0.15) is 26.2 Å². The maximum Gasteiger partial charge on any atom is 0.306 e. The van der Waals surface area contributed by atoms with Crippen LogP contribution in [0.25, 0.3) is 0 Å². The Balaban J connectivity index is 2.42. The van der Waals surface area contributed by atoms with Crippen molar-refractivity contribution in [2.24, 2.45) is 17.8 Å². The molecule has 2 bridgehead atoms. The average Bonchev–Trinajstić information content (AvgIpc) is 2.65. The Kier molecular flexibility index (Phi) is 5.46. The fraction of sp³-hybridized carbons (Fsp3) is 0.737. The summed E-state index contributed by atoms with van der Waals surface area (Å²) in [6, 6.07) is 0. The lowest BCUT2D eigenvalue weighted by molar-refractivity contribution is -0.144. The van der Waals surface area contributed by atoms with Crippen LogP contribution in [0.4, 0.5) is 0 Å². The van der Waals surface area contributed by atoms with Gasteiger partial charge in [-0.05, 0) is 37.5 Å². The summed E-state index contributed by atoms with van der Waals surface area (Å²) in [6.45, 7) is 17.4. The normalized spacial score (nSPS) is 28.0. The summed E-state index contributed by atoms with van der Waals surface area (Å²) in [5, 5.41) is 3.65. The molecule has 0 aromatic rings. The first-order chi connectivity index (χ1) is 10.6. The summed E-state index contributed by atoms with van der Waals surface area (Å²) in [6.07, 6.45) is 7.65. The fourth-order valence-electron chi connectivity index (χ4n) is 4.72. The minimum atomic E-state index is -1.39. The van der Waals surface area contributed by atoms with E-state index < -0.39 is 16.1 Å². The molecule has 0 heterocycles. The van der Waals surface area contributed by atoms with Crippen molar-refractivity contribution in [3.05, 3.63) is 22.5 Å². The van der Waals surface area contributed by atoms with Crippen molar-refractivity contribution in [3.63, 3.8) is 0 Å². The van der Waals surface area contributed by atoms with Gasteiger partial charge in [0.25, 0.3) is 0 Å². The minimum absolute atomic E-state index is 0.0306. The van der Waals surface area contributed by atoms with Crippen LogP contribution in [0.2, 0.25) is 39.3 Å². The summed E-state index contributed by atoms with van der Waals surface area (Å²) in [5.41, 5.74) is 0. The Bertz CT molecular complexity index is 520. The highest BCUT2D eigenvalue weighted by Crippen LogP contribution is 2.51. The Morgan fingerprint density at radius 3 is 2.26 bits per heavy atom. The molecule has 23 heavy (non-hydrogen) atoms. The molecule has 2 rings (SSSR count). The number of allylic oxidation sites excluding steroid dienone is 4. The molecule has 0 saturated heterocycles. The van der Waals surface area contributed by atoms with E-state index in [0.717, 1.165) is 5.92 Å². The standard InChI is InChI=1S/C19H34O2Si2/c1-8-21-17(20)13-14-10-9-11-15-12-16(14)19(23(5,6)7)18(15)22(2,3)4/h9-10,14-16H,8,11-13H2,1-7H3/t14-,15+,16+/m1/s1. The van der Waals surface area contributed by atoms with Crippen LogP contribution < -0.4 is 0 Å². The van der Waals surface area contributed by atoms with E-state index in [-0.39, 0.29) is 5.97 Å². The molecule has 2 aliphatic carbocycles. The van der Waals surface area contributed by atoms with Crippen molar-refractivity contribution in [2.75, 3.05) is 6.61 Å². The molecule has 3 atom stereocenters. The van der Waals surface area contributed by atoms with Gasteiger partial charge < -0.3 is 4.74 Å². The maximum atomic E-state index is 12.1. The third-order valence-corrected chi connectivity index (χ3v) is 10.1. The first-order valence-electron chi connectivity index (χ1n) is 9.13. The summed E-state index contributed by atoms with van der Waals surface area (Å²) in [7, 11) is -2.71. The van der Waals surface area contributed by atoms with E-state index in [1.807, 2.05) is 12.1 Å². The topological polar surface area (TPSA) is 26.3 Å². The zero-order valence-electron chi connectivity index (χ0n) is 16.0. The molecule has 0 N–H and O–H groups in total. The molecule has 0 fully saturated rings. The molecule has 0 unspecified atom stereocenters. The summed E-state index contributed by atoms with van der Waals surface area (Å²) in [4.78, 5) is 12.1. The van der Waals surface area contributed by atoms with Gasteiger partial charge in [-0.25, -0.2) is 0 Å². The van der Waals surface area contributed by atoms with Gasteiger partial charge in [0.05, 0.1) is 29.2 Å². The Hall–Kier alpha value is -0.616. The summed E-state index contributed by atoms with van der Waals surface area (Å²) >= 11 is 0. The number of rotatable bonds is 5. The monoisotopic (exact) mass is 350 g/mol. The van der Waals surface area contributed by atoms with Gasteiger partial charge in [-0.2, -0.15) is 0 Å². The number of esters is 1. The molecular formula is C19H34O2Si2. The molecule has 0 amide bonds. The van der Waals surface area contributed by atoms with E-state index in [9.17, 15) is 4.79 Å². The number of fused-ring (bicyclic) bond motifs is 2. The summed E-state index contributed by atoms with van der Waals surface area (Å²) < 4.78 is 5.24. The number of ether oxygens (including phenoxy) is 1. The largest absolute Gasteiger partial charge is 0.466 e. The van der Waals surface area contributed by atoms with Crippen LogP contribution in [0, 0.1) is 17.8 Å². The molecule has 0 spiro atoms. The number of hydrogen-bond donors (Lipinski definition) is 0. The molecule has 0 radical (unpaired) electrons. The van der Waals surface area contributed by atoms with Crippen LogP contribution in [0.15, 0.2) is 22.5 Å². The number of carbonyl (C=O) groups is 1. The van der Waals surface area contributed by atoms with E-state index >= 15 is 0 Å². The molecular weight excluding hydrogens is 316 g/mol. The zero-order chi connectivity index (χ0) is 17.4. The number of carbonyl (C=O) groups excluding carboxylic acids is 1. The molecule has 0 aliphatic heterocycles. The van der Waals surface area contributed by atoms with Crippen LogP contribution in [-0.4, -0.2) is 28.7 Å². The van der Waals surface area contributed by atoms with E-state index in [4.69, 9.17) is 4.74 Å². The Morgan fingerprint density at radius 1 is 1.13 bits per heavy atom. The highest BCUT2D eigenvalue weighted by atomic mass is 28.3. The second-order valence-corrected chi connectivity index (χ2v) is 19.3. The Morgan fingerprint density at radius 2 is 1.74 bits per heavy atom. The molecule has 0 aromatic heterocycles. The van der Waals surface area contributed by atoms with Crippen molar-refractivity contribution >= 4 is 22.1 Å². The number of hydrogen-bond acceptors (Lipinski definition) is 2. The van der Waals surface area contributed by atoms with Gasteiger partial charge in [-0.15, -0.1) is 0 Å². The molecule has 2 aliphatic rings. The van der Waals surface area contributed by atoms with Gasteiger partial charge in [0.1, 0.15) is 0 Å². The molecule has 4 heteroatoms. The van der Waals surface area contributed by atoms with E-state index in [0.29, 0.717) is 24.9 Å². The van der Waals surface area contributed by atoms with Gasteiger partial charge in [0, 0.05) is 0 Å². The zero-order valence-corrected chi connectivity index (χ0v) is 18.0. The van der Waals surface area contributed by atoms with Crippen LogP contribution >= 0.6 is 0 Å². The van der Waals surface area contributed by atoms with E-state index in [1.54, 1.807) is 5.20 Å². The quantitative estimate of drug-likeness (QED) is 0.387. The first-order valence-corrected chi connectivity index (χ1v) is 16.1. The Labute approximate surface area is 144 Å². The molecule has 130 valence electrons. The lowest BCUT2D eigenvalue weighted by Gasteiger charge is -2.34. The van der Waals surface area contributed by atoms with Crippen LogP contribution in [0.5, 0.6) is 0 Å². The minimum Gasteiger partial charge on any atom is -0.466 e. The predicted octanol–water partition coefficient (Wildman–Crippen LogP) is 5.20. The fourth-order valence-corrected chi connectivity index (χ4v) is 11.9. The highest BCUT2D eigenvalue weighted by molar-refractivity contribution is 6.89. The molecule has 2 nitrogen and oxygen atoms in total. The second-order valence-electron chi connectivity index (χ2n) is 9.20. The molecule has 0 saturated carbocycles. The van der Waals surface area contributed by atoms with Crippen molar-refractivity contribution in [1.82, 2.24) is 0 Å². The third-order valence-electron chi connectivity index (χ3n) is 5.25. The molecule has 0 aromatic carbocycles. The van der Waals surface area contributed by atoms with Crippen molar-refractivity contribution in [1.29, 1.82) is 0 Å². The van der Waals surface area contributed by atoms with Crippen molar-refractivity contribution < 1.29 is 9.53 Å². The van der Waals surface area contributed by atoms with Gasteiger partial charge in [-0.1, -0.05) is 61.8 Å². The van der Waals surface area contributed by atoms with Crippen LogP contribution in [0.3, 0.4) is 0 Å². The lowest BCUT2D eigenvalue weighted by atomic mass is 9.88.